The minimum atomic E-state index is 0.629. The fourth-order valence-corrected chi connectivity index (χ4v) is 4.25. The maximum Gasteiger partial charge on any atom is 0.0359 e. The van der Waals surface area contributed by atoms with Crippen molar-refractivity contribution in [3.05, 3.63) is 21.9 Å². The molecule has 0 saturated heterocycles. The Morgan fingerprint density at radius 2 is 2.12 bits per heavy atom. The Morgan fingerprint density at radius 3 is 2.69 bits per heavy atom. The van der Waals surface area contributed by atoms with Crippen LogP contribution in [0, 0.1) is 24.7 Å². The van der Waals surface area contributed by atoms with Crippen LogP contribution in [-0.2, 0) is 0 Å². The van der Waals surface area contributed by atoms with E-state index in [1.165, 1.54) is 24.1 Å². The largest absolute Gasteiger partial charge is 0.310 e. The van der Waals surface area contributed by atoms with Gasteiger partial charge in [0.25, 0.3) is 0 Å². The van der Waals surface area contributed by atoms with Gasteiger partial charge in [0.1, 0.15) is 0 Å². The first-order chi connectivity index (χ1) is 7.79. The summed E-state index contributed by atoms with van der Waals surface area (Å²) >= 11 is 1.89. The van der Waals surface area contributed by atoms with Crippen LogP contribution in [0.3, 0.4) is 0 Å². The maximum atomic E-state index is 3.72. The van der Waals surface area contributed by atoms with Crippen LogP contribution in [0.1, 0.15) is 42.7 Å². The zero-order valence-electron chi connectivity index (χ0n) is 10.2. The molecule has 1 heterocycles. The molecule has 3 rings (SSSR count). The molecule has 2 aliphatic carbocycles. The summed E-state index contributed by atoms with van der Waals surface area (Å²) in [4.78, 5) is 1.51. The molecular formula is C14H21NS. The molecule has 2 fully saturated rings. The summed E-state index contributed by atoms with van der Waals surface area (Å²) < 4.78 is 0. The third-order valence-electron chi connectivity index (χ3n) is 4.41. The van der Waals surface area contributed by atoms with Crippen LogP contribution in [-0.4, -0.2) is 6.54 Å². The molecule has 2 aliphatic rings. The van der Waals surface area contributed by atoms with E-state index in [2.05, 4.69) is 30.6 Å². The summed E-state index contributed by atoms with van der Waals surface area (Å²) in [7, 11) is 0. The standard InChI is InChI=1S/C14H21NS/c1-3-15-14(13-4-5-16-9(13)2)12-7-10-6-11(10)8-12/h4-5,10-12,14-15H,3,6-8H2,1-2H3. The lowest BCUT2D eigenvalue weighted by molar-refractivity contribution is 0.346. The van der Waals surface area contributed by atoms with Gasteiger partial charge in [0.15, 0.2) is 0 Å². The minimum Gasteiger partial charge on any atom is -0.310 e. The Morgan fingerprint density at radius 1 is 1.38 bits per heavy atom. The molecule has 2 saturated carbocycles. The van der Waals surface area contributed by atoms with Crippen LogP contribution in [0.25, 0.3) is 0 Å². The lowest BCUT2D eigenvalue weighted by Gasteiger charge is -2.26. The van der Waals surface area contributed by atoms with Crippen molar-refractivity contribution in [1.82, 2.24) is 5.32 Å². The van der Waals surface area contributed by atoms with E-state index in [9.17, 15) is 0 Å². The van der Waals surface area contributed by atoms with E-state index in [0.717, 1.165) is 24.3 Å². The molecule has 0 aromatic carbocycles. The average molecular weight is 235 g/mol. The van der Waals surface area contributed by atoms with Gasteiger partial charge < -0.3 is 5.32 Å². The van der Waals surface area contributed by atoms with Crippen LogP contribution >= 0.6 is 11.3 Å². The van der Waals surface area contributed by atoms with Crippen LogP contribution in [0.15, 0.2) is 11.4 Å². The molecule has 3 unspecified atom stereocenters. The zero-order chi connectivity index (χ0) is 11.1. The molecule has 1 nitrogen and oxygen atoms in total. The number of aryl methyl sites for hydroxylation is 1. The van der Waals surface area contributed by atoms with Gasteiger partial charge in [-0.15, -0.1) is 11.3 Å². The van der Waals surface area contributed by atoms with E-state index >= 15 is 0 Å². The van der Waals surface area contributed by atoms with Gasteiger partial charge in [0.05, 0.1) is 0 Å². The first-order valence-electron chi connectivity index (χ1n) is 6.57. The van der Waals surface area contributed by atoms with Crippen molar-refractivity contribution in [1.29, 1.82) is 0 Å². The van der Waals surface area contributed by atoms with Crippen molar-refractivity contribution in [3.8, 4) is 0 Å². The van der Waals surface area contributed by atoms with Gasteiger partial charge in [0, 0.05) is 10.9 Å². The molecule has 0 spiro atoms. The SMILES string of the molecule is CCNC(c1ccsc1C)C1CC2CC2C1. The topological polar surface area (TPSA) is 12.0 Å². The number of hydrogen-bond donors (Lipinski definition) is 1. The number of hydrogen-bond acceptors (Lipinski definition) is 2. The summed E-state index contributed by atoms with van der Waals surface area (Å²) in [5, 5.41) is 5.96. The highest BCUT2D eigenvalue weighted by Gasteiger charge is 2.48. The quantitative estimate of drug-likeness (QED) is 0.838. The Labute approximate surface area is 102 Å². The minimum absolute atomic E-state index is 0.629. The Balaban J connectivity index is 1.78. The fourth-order valence-electron chi connectivity index (χ4n) is 3.50. The molecule has 3 atom stereocenters. The number of fused-ring (bicyclic) bond motifs is 1. The first kappa shape index (κ1) is 10.8. The van der Waals surface area contributed by atoms with Gasteiger partial charge in [-0.05, 0) is 67.5 Å². The Hall–Kier alpha value is -0.340. The van der Waals surface area contributed by atoms with Crippen molar-refractivity contribution < 1.29 is 0 Å². The Bertz CT molecular complexity index is 361. The van der Waals surface area contributed by atoms with Crippen LogP contribution < -0.4 is 5.32 Å². The molecule has 0 amide bonds. The van der Waals surface area contributed by atoms with Crippen LogP contribution in [0.5, 0.6) is 0 Å². The molecule has 0 bridgehead atoms. The summed E-state index contributed by atoms with van der Waals surface area (Å²) in [5.74, 6) is 3.08. The summed E-state index contributed by atoms with van der Waals surface area (Å²) in [6, 6.07) is 2.96. The van der Waals surface area contributed by atoms with E-state index in [1.54, 1.807) is 5.56 Å². The normalized spacial score (nSPS) is 33.8. The van der Waals surface area contributed by atoms with E-state index in [4.69, 9.17) is 0 Å². The van der Waals surface area contributed by atoms with Gasteiger partial charge in [0.2, 0.25) is 0 Å². The molecule has 2 heteroatoms. The highest BCUT2D eigenvalue weighted by Crippen LogP contribution is 2.57. The second kappa shape index (κ2) is 4.15. The maximum absolute atomic E-state index is 3.72. The van der Waals surface area contributed by atoms with E-state index in [1.807, 2.05) is 11.3 Å². The summed E-state index contributed by atoms with van der Waals surface area (Å²) in [6.45, 7) is 5.58. The highest BCUT2D eigenvalue weighted by molar-refractivity contribution is 7.10. The lowest BCUT2D eigenvalue weighted by atomic mass is 9.89. The fraction of sp³-hybridized carbons (Fsp3) is 0.714. The van der Waals surface area contributed by atoms with Gasteiger partial charge in [-0.2, -0.15) is 0 Å². The van der Waals surface area contributed by atoms with Crippen molar-refractivity contribution in [2.75, 3.05) is 6.54 Å². The van der Waals surface area contributed by atoms with Crippen LogP contribution in [0.4, 0.5) is 0 Å². The first-order valence-corrected chi connectivity index (χ1v) is 7.45. The molecule has 1 aromatic rings. The molecule has 88 valence electrons. The van der Waals surface area contributed by atoms with Gasteiger partial charge in [-0.3, -0.25) is 0 Å². The van der Waals surface area contributed by atoms with Gasteiger partial charge >= 0.3 is 0 Å². The van der Waals surface area contributed by atoms with Crippen molar-refractivity contribution in [2.45, 2.75) is 39.2 Å². The predicted octanol–water partition coefficient (Wildman–Crippen LogP) is 3.75. The van der Waals surface area contributed by atoms with Crippen LogP contribution in [0.2, 0.25) is 0 Å². The molecule has 1 N–H and O–H groups in total. The third kappa shape index (κ3) is 1.82. The van der Waals surface area contributed by atoms with E-state index in [0.29, 0.717) is 6.04 Å². The Kier molecular flexibility index (Phi) is 2.80. The van der Waals surface area contributed by atoms with Crippen molar-refractivity contribution in [2.24, 2.45) is 17.8 Å². The van der Waals surface area contributed by atoms with Crippen molar-refractivity contribution in [3.63, 3.8) is 0 Å². The average Bonchev–Trinajstić information content (AvgIpc) is 2.71. The zero-order valence-corrected chi connectivity index (χ0v) is 11.0. The van der Waals surface area contributed by atoms with E-state index in [-0.39, 0.29) is 0 Å². The monoisotopic (exact) mass is 235 g/mol. The number of nitrogens with one attached hydrogen (secondary N) is 1. The van der Waals surface area contributed by atoms with E-state index < -0.39 is 0 Å². The molecule has 0 aliphatic heterocycles. The number of rotatable bonds is 4. The summed E-state index contributed by atoms with van der Waals surface area (Å²) in [6.07, 6.45) is 4.47. The third-order valence-corrected chi connectivity index (χ3v) is 5.27. The molecule has 16 heavy (non-hydrogen) atoms. The van der Waals surface area contributed by atoms with Gasteiger partial charge in [-0.25, -0.2) is 0 Å². The molecule has 1 aromatic heterocycles. The summed E-state index contributed by atoms with van der Waals surface area (Å²) in [5.41, 5.74) is 1.57. The van der Waals surface area contributed by atoms with Crippen molar-refractivity contribution >= 4 is 11.3 Å². The smallest absolute Gasteiger partial charge is 0.0359 e. The molecule has 0 radical (unpaired) electrons. The highest BCUT2D eigenvalue weighted by atomic mass is 32.1. The lowest BCUT2D eigenvalue weighted by Crippen LogP contribution is -2.27. The second-order valence-corrected chi connectivity index (χ2v) is 6.58. The molecular weight excluding hydrogens is 214 g/mol. The number of thiophene rings is 1. The predicted molar refractivity (Wildman–Crippen MR) is 69.8 cm³/mol. The second-order valence-electron chi connectivity index (χ2n) is 5.45. The van der Waals surface area contributed by atoms with Gasteiger partial charge in [-0.1, -0.05) is 6.92 Å².